The van der Waals surface area contributed by atoms with Crippen LogP contribution in [0.25, 0.3) is 0 Å². The monoisotopic (exact) mass is 431 g/mol. The van der Waals surface area contributed by atoms with Crippen LogP contribution in [0.4, 0.5) is 0 Å². The first-order valence-electron chi connectivity index (χ1n) is 9.00. The first kappa shape index (κ1) is 21.1. The summed E-state index contributed by atoms with van der Waals surface area (Å²) < 4.78 is 11.1. The highest BCUT2D eigenvalue weighted by atomic mass is 32.2. The van der Waals surface area contributed by atoms with Gasteiger partial charge in [-0.3, -0.25) is 9.59 Å². The Kier molecular flexibility index (Phi) is 7.42. The van der Waals surface area contributed by atoms with Crippen LogP contribution in [0.5, 0.6) is 5.75 Å². The number of nitrogens with zero attached hydrogens (tertiary/aromatic N) is 2. The molecule has 1 amide bonds. The highest BCUT2D eigenvalue weighted by Gasteiger charge is 2.13. The number of aryl methyl sites for hydroxylation is 1. The van der Waals surface area contributed by atoms with E-state index in [1.165, 1.54) is 30.0 Å². The molecule has 0 unspecified atom stereocenters. The van der Waals surface area contributed by atoms with Crippen molar-refractivity contribution in [3.8, 4) is 5.75 Å². The third-order valence-corrected chi connectivity index (χ3v) is 5.84. The van der Waals surface area contributed by atoms with Crippen LogP contribution in [0.3, 0.4) is 0 Å². The third-order valence-electron chi connectivity index (χ3n) is 3.84. The van der Waals surface area contributed by atoms with E-state index in [0.717, 1.165) is 16.2 Å². The van der Waals surface area contributed by atoms with E-state index in [2.05, 4.69) is 15.5 Å². The number of thioether (sulfide) groups is 1. The van der Waals surface area contributed by atoms with Gasteiger partial charge >= 0.3 is 0 Å². The van der Waals surface area contributed by atoms with Gasteiger partial charge in [0.2, 0.25) is 5.91 Å². The Morgan fingerprint density at radius 3 is 2.72 bits per heavy atom. The molecule has 0 fully saturated rings. The van der Waals surface area contributed by atoms with Crippen molar-refractivity contribution in [2.24, 2.45) is 0 Å². The number of amides is 1. The Bertz CT molecular complexity index is 966. The summed E-state index contributed by atoms with van der Waals surface area (Å²) in [7, 11) is 0. The Balaban J connectivity index is 1.44. The van der Waals surface area contributed by atoms with Gasteiger partial charge < -0.3 is 14.5 Å². The summed E-state index contributed by atoms with van der Waals surface area (Å²) >= 11 is 2.64. The second-order valence-electron chi connectivity index (χ2n) is 6.27. The number of hydrogen-bond acceptors (Lipinski definition) is 8. The SMILES string of the molecule is CC(=O)NCCc1ccc(C(=O)CSc2nnc(COc3ccc(C)cc3)o2)s1. The zero-order chi connectivity index (χ0) is 20.6. The first-order chi connectivity index (χ1) is 14.0. The molecular weight excluding hydrogens is 410 g/mol. The predicted molar refractivity (Wildman–Crippen MR) is 112 cm³/mol. The molecule has 0 radical (unpaired) electrons. The molecule has 2 aromatic heterocycles. The number of hydrogen-bond donors (Lipinski definition) is 1. The molecule has 0 bridgehead atoms. The Morgan fingerprint density at radius 1 is 1.17 bits per heavy atom. The van der Waals surface area contributed by atoms with E-state index in [1.54, 1.807) is 0 Å². The highest BCUT2D eigenvalue weighted by molar-refractivity contribution is 7.99. The second kappa shape index (κ2) is 10.2. The molecule has 0 spiro atoms. The Labute approximate surface area is 176 Å². The summed E-state index contributed by atoms with van der Waals surface area (Å²) in [4.78, 5) is 25.0. The van der Waals surface area contributed by atoms with Gasteiger partial charge in [-0.1, -0.05) is 29.5 Å². The summed E-state index contributed by atoms with van der Waals surface area (Å²) in [6.45, 7) is 4.23. The summed E-state index contributed by atoms with van der Waals surface area (Å²) in [6.07, 6.45) is 0.707. The molecule has 0 aliphatic carbocycles. The lowest BCUT2D eigenvalue weighted by Gasteiger charge is -2.02. The van der Waals surface area contributed by atoms with Crippen LogP contribution in [0.2, 0.25) is 0 Å². The molecule has 7 nitrogen and oxygen atoms in total. The maximum atomic E-state index is 12.4. The predicted octanol–water partition coefficient (Wildman–Crippen LogP) is 3.67. The minimum absolute atomic E-state index is 0.00133. The molecule has 3 rings (SSSR count). The molecule has 1 N–H and O–H groups in total. The van der Waals surface area contributed by atoms with Crippen LogP contribution in [0.1, 0.15) is 32.9 Å². The van der Waals surface area contributed by atoms with E-state index < -0.39 is 0 Å². The number of carbonyl (C=O) groups is 2. The molecule has 0 saturated heterocycles. The average molecular weight is 432 g/mol. The lowest BCUT2D eigenvalue weighted by atomic mass is 10.2. The second-order valence-corrected chi connectivity index (χ2v) is 8.37. The molecular formula is C20H21N3O4S2. The van der Waals surface area contributed by atoms with Crippen molar-refractivity contribution < 1.29 is 18.7 Å². The fourth-order valence-electron chi connectivity index (χ4n) is 2.36. The van der Waals surface area contributed by atoms with Gasteiger partial charge in [0, 0.05) is 18.3 Å². The van der Waals surface area contributed by atoms with E-state index in [0.29, 0.717) is 29.0 Å². The van der Waals surface area contributed by atoms with E-state index in [4.69, 9.17) is 9.15 Å². The summed E-state index contributed by atoms with van der Waals surface area (Å²) in [5.74, 6) is 1.24. The minimum Gasteiger partial charge on any atom is -0.484 e. The zero-order valence-electron chi connectivity index (χ0n) is 16.1. The van der Waals surface area contributed by atoms with Crippen molar-refractivity contribution in [2.75, 3.05) is 12.3 Å². The number of rotatable bonds is 10. The molecule has 2 heterocycles. The van der Waals surface area contributed by atoms with Crippen molar-refractivity contribution in [1.29, 1.82) is 0 Å². The summed E-state index contributed by atoms with van der Waals surface area (Å²) in [6, 6.07) is 11.4. The zero-order valence-corrected chi connectivity index (χ0v) is 17.8. The van der Waals surface area contributed by atoms with Gasteiger partial charge in [-0.05, 0) is 37.6 Å². The number of Topliss-reactive ketones (excluding diaryl/α,β-unsaturated/α-hetero) is 1. The van der Waals surface area contributed by atoms with Crippen LogP contribution < -0.4 is 10.1 Å². The normalized spacial score (nSPS) is 10.7. The van der Waals surface area contributed by atoms with Crippen molar-refractivity contribution in [1.82, 2.24) is 15.5 Å². The molecule has 0 atom stereocenters. The van der Waals surface area contributed by atoms with Gasteiger partial charge in [-0.25, -0.2) is 0 Å². The van der Waals surface area contributed by atoms with Crippen LogP contribution in [-0.2, 0) is 17.8 Å². The van der Waals surface area contributed by atoms with Gasteiger partial charge in [-0.15, -0.1) is 21.5 Å². The average Bonchev–Trinajstić information content (AvgIpc) is 3.35. The number of aromatic nitrogens is 2. The number of ether oxygens (including phenoxy) is 1. The molecule has 0 aliphatic rings. The van der Waals surface area contributed by atoms with Gasteiger partial charge in [0.25, 0.3) is 11.1 Å². The number of benzene rings is 1. The molecule has 152 valence electrons. The molecule has 1 aromatic carbocycles. The third kappa shape index (κ3) is 6.72. The highest BCUT2D eigenvalue weighted by Crippen LogP contribution is 2.22. The number of thiophene rings is 1. The largest absolute Gasteiger partial charge is 0.484 e. The number of nitrogens with one attached hydrogen (secondary N) is 1. The van der Waals surface area contributed by atoms with Gasteiger partial charge in [-0.2, -0.15) is 0 Å². The van der Waals surface area contributed by atoms with Gasteiger partial charge in [0.05, 0.1) is 10.6 Å². The topological polar surface area (TPSA) is 94.3 Å². The lowest BCUT2D eigenvalue weighted by molar-refractivity contribution is -0.118. The van der Waals surface area contributed by atoms with Gasteiger partial charge in [0.1, 0.15) is 5.75 Å². The molecule has 3 aromatic rings. The molecule has 9 heteroatoms. The smallest absolute Gasteiger partial charge is 0.277 e. The molecule has 0 aliphatic heterocycles. The van der Waals surface area contributed by atoms with Crippen LogP contribution in [0.15, 0.2) is 46.0 Å². The van der Waals surface area contributed by atoms with Crippen molar-refractivity contribution >= 4 is 34.8 Å². The molecule has 0 saturated carbocycles. The fourth-order valence-corrected chi connectivity index (χ4v) is 4.06. The summed E-state index contributed by atoms with van der Waals surface area (Å²) in [5, 5.41) is 11.0. The Hall–Kier alpha value is -2.65. The van der Waals surface area contributed by atoms with Crippen LogP contribution in [-0.4, -0.2) is 34.2 Å². The maximum Gasteiger partial charge on any atom is 0.277 e. The summed E-state index contributed by atoms with van der Waals surface area (Å²) in [5.41, 5.74) is 1.16. The van der Waals surface area contributed by atoms with Crippen LogP contribution in [0, 0.1) is 6.92 Å². The standard InChI is InChI=1S/C20H21N3O4S2/c1-13-3-5-15(6-4-13)26-11-19-22-23-20(27-19)28-12-17(25)18-8-7-16(29-18)9-10-21-14(2)24/h3-8H,9-12H2,1-2H3,(H,21,24). The van der Waals surface area contributed by atoms with Gasteiger partial charge in [0.15, 0.2) is 12.4 Å². The van der Waals surface area contributed by atoms with E-state index >= 15 is 0 Å². The van der Waals surface area contributed by atoms with E-state index in [9.17, 15) is 9.59 Å². The van der Waals surface area contributed by atoms with Crippen LogP contribution >= 0.6 is 23.1 Å². The Morgan fingerprint density at radius 2 is 1.97 bits per heavy atom. The van der Waals surface area contributed by atoms with Crippen molar-refractivity contribution in [3.05, 3.63) is 57.6 Å². The van der Waals surface area contributed by atoms with E-state index in [-0.39, 0.29) is 24.1 Å². The van der Waals surface area contributed by atoms with Crippen molar-refractivity contribution in [2.45, 2.75) is 32.1 Å². The first-order valence-corrected chi connectivity index (χ1v) is 10.8. The minimum atomic E-state index is -0.0579. The number of carbonyl (C=O) groups excluding carboxylic acids is 2. The van der Waals surface area contributed by atoms with Crippen molar-refractivity contribution in [3.63, 3.8) is 0 Å². The molecule has 29 heavy (non-hydrogen) atoms. The quantitative estimate of drug-likeness (QED) is 0.387. The maximum absolute atomic E-state index is 12.4. The lowest BCUT2D eigenvalue weighted by Crippen LogP contribution is -2.22. The van der Waals surface area contributed by atoms with E-state index in [1.807, 2.05) is 43.3 Å². The number of ketones is 1. The fraction of sp³-hybridized carbons (Fsp3) is 0.300.